The molecule has 0 aliphatic rings. The van der Waals surface area contributed by atoms with E-state index in [1.54, 1.807) is 38.5 Å². The molecule has 2 heterocycles. The molecule has 0 bridgehead atoms. The molecule has 0 N–H and O–H groups in total. The van der Waals surface area contributed by atoms with Gasteiger partial charge in [-0.1, -0.05) is 41.2 Å². The molecule has 0 saturated heterocycles. The average molecular weight is 421 g/mol. The Morgan fingerprint density at radius 2 is 1.83 bits per heavy atom. The zero-order valence-corrected chi connectivity index (χ0v) is 17.5. The van der Waals surface area contributed by atoms with E-state index in [0.29, 0.717) is 28.0 Å². The van der Waals surface area contributed by atoms with E-state index in [2.05, 4.69) is 10.1 Å². The van der Waals surface area contributed by atoms with E-state index >= 15 is 0 Å². The fourth-order valence-corrected chi connectivity index (χ4v) is 3.93. The van der Waals surface area contributed by atoms with Crippen molar-refractivity contribution < 1.29 is 9.47 Å². The van der Waals surface area contributed by atoms with Crippen LogP contribution in [0.15, 0.2) is 52.1 Å². The molecule has 0 saturated carbocycles. The molecule has 0 unspecified atom stereocenters. The Morgan fingerprint density at radius 1 is 1.07 bits per heavy atom. The van der Waals surface area contributed by atoms with Gasteiger partial charge < -0.3 is 9.47 Å². The Balaban J connectivity index is 1.79. The molecule has 2 aromatic carbocycles. The topological polar surface area (TPSA) is 82.8 Å². The lowest BCUT2D eigenvalue weighted by Gasteiger charge is -2.06. The van der Waals surface area contributed by atoms with Crippen LogP contribution in [0.1, 0.15) is 22.4 Å². The van der Waals surface area contributed by atoms with Crippen LogP contribution in [-0.4, -0.2) is 28.8 Å². The van der Waals surface area contributed by atoms with Gasteiger partial charge >= 0.3 is 0 Å². The SMILES string of the molecule is COc1ccc(/C=c2\sc3nc(=O)c(Cc4ccc(C)cc4)nn3c2=O)c(OC)c1. The summed E-state index contributed by atoms with van der Waals surface area (Å²) in [4.78, 5) is 29.7. The first-order valence-electron chi connectivity index (χ1n) is 9.20. The molecule has 0 atom stereocenters. The molecule has 2 aromatic heterocycles. The van der Waals surface area contributed by atoms with Crippen LogP contribution in [0.5, 0.6) is 11.5 Å². The zero-order chi connectivity index (χ0) is 21.3. The normalized spacial score (nSPS) is 11.8. The summed E-state index contributed by atoms with van der Waals surface area (Å²) in [6.07, 6.45) is 2.02. The number of hydrogen-bond acceptors (Lipinski definition) is 7. The Labute approximate surface area is 175 Å². The van der Waals surface area contributed by atoms with Gasteiger partial charge in [-0.25, -0.2) is 0 Å². The lowest BCUT2D eigenvalue weighted by atomic mass is 10.1. The average Bonchev–Trinajstić information content (AvgIpc) is 3.04. The molecular weight excluding hydrogens is 402 g/mol. The van der Waals surface area contributed by atoms with Crippen LogP contribution < -0.4 is 25.1 Å². The van der Waals surface area contributed by atoms with Crippen molar-refractivity contribution >= 4 is 22.4 Å². The van der Waals surface area contributed by atoms with E-state index < -0.39 is 5.56 Å². The molecule has 30 heavy (non-hydrogen) atoms. The Hall–Kier alpha value is -3.52. The van der Waals surface area contributed by atoms with Crippen LogP contribution in [0.2, 0.25) is 0 Å². The van der Waals surface area contributed by atoms with Gasteiger partial charge in [0, 0.05) is 18.1 Å². The predicted octanol–water partition coefficient (Wildman–Crippen LogP) is 1.98. The Morgan fingerprint density at radius 3 is 2.53 bits per heavy atom. The van der Waals surface area contributed by atoms with Crippen LogP contribution in [0.3, 0.4) is 0 Å². The third kappa shape index (κ3) is 3.81. The van der Waals surface area contributed by atoms with Gasteiger partial charge in [0.25, 0.3) is 11.1 Å². The number of fused-ring (bicyclic) bond motifs is 1. The zero-order valence-electron chi connectivity index (χ0n) is 16.7. The van der Waals surface area contributed by atoms with Crippen LogP contribution in [0.4, 0.5) is 0 Å². The second kappa shape index (κ2) is 8.08. The van der Waals surface area contributed by atoms with E-state index in [0.717, 1.165) is 22.5 Å². The van der Waals surface area contributed by atoms with Gasteiger partial charge in [0.05, 0.1) is 18.8 Å². The minimum atomic E-state index is -0.426. The molecule has 152 valence electrons. The number of hydrogen-bond donors (Lipinski definition) is 0. The summed E-state index contributed by atoms with van der Waals surface area (Å²) in [5.41, 5.74) is 2.26. The summed E-state index contributed by atoms with van der Waals surface area (Å²) in [5, 5.41) is 4.29. The standard InChI is InChI=1S/C22H19N3O4S/c1-13-4-6-14(7-5-13)10-17-20(26)23-22-25(24-17)21(27)19(30-22)11-15-8-9-16(28-2)12-18(15)29-3/h4-9,11-12H,10H2,1-3H3/b19-11-. The number of methoxy groups -OCH3 is 2. The van der Waals surface area contributed by atoms with Crippen LogP contribution in [0, 0.1) is 6.92 Å². The van der Waals surface area contributed by atoms with Crippen LogP contribution in [-0.2, 0) is 6.42 Å². The first kappa shape index (κ1) is 19.8. The quantitative estimate of drug-likeness (QED) is 0.490. The third-order valence-electron chi connectivity index (χ3n) is 4.67. The molecular formula is C22H19N3O4S. The molecule has 0 fully saturated rings. The summed E-state index contributed by atoms with van der Waals surface area (Å²) < 4.78 is 12.2. The summed E-state index contributed by atoms with van der Waals surface area (Å²) in [6, 6.07) is 13.1. The molecule has 0 radical (unpaired) electrons. The van der Waals surface area contributed by atoms with Gasteiger partial charge in [-0.2, -0.15) is 14.6 Å². The number of benzene rings is 2. The molecule has 4 rings (SSSR count). The maximum Gasteiger partial charge on any atom is 0.296 e. The van der Waals surface area contributed by atoms with Crippen molar-refractivity contribution in [2.75, 3.05) is 14.2 Å². The van der Waals surface area contributed by atoms with Gasteiger partial charge in [-0.05, 0) is 30.7 Å². The summed E-state index contributed by atoms with van der Waals surface area (Å²) in [7, 11) is 3.12. The summed E-state index contributed by atoms with van der Waals surface area (Å²) in [5.74, 6) is 1.22. The van der Waals surface area contributed by atoms with Crippen molar-refractivity contribution in [2.45, 2.75) is 13.3 Å². The molecule has 0 spiro atoms. The van der Waals surface area contributed by atoms with Crippen molar-refractivity contribution in [3.05, 3.63) is 90.1 Å². The van der Waals surface area contributed by atoms with E-state index in [-0.39, 0.29) is 16.2 Å². The van der Waals surface area contributed by atoms with E-state index in [4.69, 9.17) is 9.47 Å². The highest BCUT2D eigenvalue weighted by Crippen LogP contribution is 2.25. The van der Waals surface area contributed by atoms with Crippen molar-refractivity contribution in [1.82, 2.24) is 14.6 Å². The van der Waals surface area contributed by atoms with E-state index in [1.807, 2.05) is 31.2 Å². The molecule has 0 aliphatic heterocycles. The van der Waals surface area contributed by atoms with Crippen molar-refractivity contribution in [1.29, 1.82) is 0 Å². The second-order valence-corrected chi connectivity index (χ2v) is 7.75. The molecule has 0 amide bonds. The van der Waals surface area contributed by atoms with Gasteiger partial charge in [-0.15, -0.1) is 0 Å². The third-order valence-corrected chi connectivity index (χ3v) is 5.63. The number of rotatable bonds is 5. The lowest BCUT2D eigenvalue weighted by molar-refractivity contribution is 0.393. The first-order valence-corrected chi connectivity index (χ1v) is 10.0. The van der Waals surface area contributed by atoms with Crippen LogP contribution in [0.25, 0.3) is 11.0 Å². The van der Waals surface area contributed by atoms with Gasteiger partial charge in [0.1, 0.15) is 17.2 Å². The van der Waals surface area contributed by atoms with Gasteiger partial charge in [0.15, 0.2) is 0 Å². The van der Waals surface area contributed by atoms with Gasteiger partial charge in [0.2, 0.25) is 4.96 Å². The van der Waals surface area contributed by atoms with E-state index in [9.17, 15) is 9.59 Å². The monoisotopic (exact) mass is 421 g/mol. The number of aromatic nitrogens is 3. The van der Waals surface area contributed by atoms with Crippen molar-refractivity contribution in [3.63, 3.8) is 0 Å². The minimum Gasteiger partial charge on any atom is -0.497 e. The highest BCUT2D eigenvalue weighted by molar-refractivity contribution is 7.15. The van der Waals surface area contributed by atoms with Crippen LogP contribution >= 0.6 is 11.3 Å². The summed E-state index contributed by atoms with van der Waals surface area (Å²) in [6.45, 7) is 2.00. The highest BCUT2D eigenvalue weighted by Gasteiger charge is 2.12. The van der Waals surface area contributed by atoms with E-state index in [1.165, 1.54) is 4.52 Å². The number of thiazole rings is 1. The molecule has 7 nitrogen and oxygen atoms in total. The minimum absolute atomic E-state index is 0.236. The van der Waals surface area contributed by atoms with Gasteiger partial charge in [-0.3, -0.25) is 9.59 Å². The molecule has 4 aromatic rings. The maximum atomic E-state index is 12.9. The largest absolute Gasteiger partial charge is 0.497 e. The molecule has 8 heteroatoms. The highest BCUT2D eigenvalue weighted by atomic mass is 32.1. The number of nitrogens with zero attached hydrogens (tertiary/aromatic N) is 3. The van der Waals surface area contributed by atoms with Crippen molar-refractivity contribution in [2.24, 2.45) is 0 Å². The number of aryl methyl sites for hydroxylation is 1. The molecule has 0 aliphatic carbocycles. The predicted molar refractivity (Wildman–Crippen MR) is 116 cm³/mol. The van der Waals surface area contributed by atoms with Crippen molar-refractivity contribution in [3.8, 4) is 11.5 Å². The number of ether oxygens (including phenoxy) is 2. The smallest absolute Gasteiger partial charge is 0.296 e. The Kier molecular flexibility index (Phi) is 5.33. The Bertz CT molecular complexity index is 1390. The second-order valence-electron chi connectivity index (χ2n) is 6.74. The fourth-order valence-electron chi connectivity index (χ4n) is 3.03. The fraction of sp³-hybridized carbons (Fsp3) is 0.182. The first-order chi connectivity index (χ1) is 14.5. The maximum absolute atomic E-state index is 12.9. The lowest BCUT2D eigenvalue weighted by Crippen LogP contribution is -2.28. The summed E-state index contributed by atoms with van der Waals surface area (Å²) >= 11 is 1.11.